The van der Waals surface area contributed by atoms with Crippen molar-refractivity contribution in [2.75, 3.05) is 0 Å². The molecule has 0 saturated heterocycles. The molecule has 1 aliphatic rings. The molecule has 0 aromatic carbocycles. The molecule has 2 unspecified atom stereocenters. The Morgan fingerprint density at radius 3 is 2.00 bits per heavy atom. The first-order valence-corrected chi connectivity index (χ1v) is 4.77. The lowest BCUT2D eigenvalue weighted by molar-refractivity contribution is -0.123. The first kappa shape index (κ1) is 8.76. The van der Waals surface area contributed by atoms with Crippen LogP contribution in [-0.2, 0) is 4.79 Å². The molecule has 0 aliphatic heterocycles. The summed E-state index contributed by atoms with van der Waals surface area (Å²) in [5, 5.41) is 0. The van der Waals surface area contributed by atoms with E-state index in [-0.39, 0.29) is 0 Å². The molecular formula is C10H18O. The third-order valence-corrected chi connectivity index (χ3v) is 2.85. The lowest BCUT2D eigenvalue weighted by Crippen LogP contribution is -2.21. The summed E-state index contributed by atoms with van der Waals surface area (Å²) in [7, 11) is 0. The van der Waals surface area contributed by atoms with Gasteiger partial charge in [-0.1, -0.05) is 26.7 Å². The molecule has 64 valence electrons. The molecule has 0 aromatic heterocycles. The van der Waals surface area contributed by atoms with Crippen molar-refractivity contribution < 1.29 is 4.79 Å². The topological polar surface area (TPSA) is 17.1 Å². The molecule has 1 rings (SSSR count). The third-order valence-electron chi connectivity index (χ3n) is 2.85. The number of Topliss-reactive ketones (excluding diaryl/α,β-unsaturated/α-hetero) is 1. The van der Waals surface area contributed by atoms with Crippen molar-refractivity contribution in [3.63, 3.8) is 0 Å². The van der Waals surface area contributed by atoms with Crippen molar-refractivity contribution in [1.82, 2.24) is 0 Å². The van der Waals surface area contributed by atoms with Gasteiger partial charge in [-0.2, -0.15) is 0 Å². The van der Waals surface area contributed by atoms with Gasteiger partial charge >= 0.3 is 0 Å². The minimum Gasteiger partial charge on any atom is -0.300 e. The maximum atomic E-state index is 11.2. The Morgan fingerprint density at radius 2 is 1.64 bits per heavy atom. The van der Waals surface area contributed by atoms with Gasteiger partial charge in [0.15, 0.2) is 0 Å². The molecular weight excluding hydrogens is 136 g/mol. The highest BCUT2D eigenvalue weighted by atomic mass is 16.1. The van der Waals surface area contributed by atoms with Crippen LogP contribution in [-0.4, -0.2) is 5.78 Å². The first-order valence-electron chi connectivity index (χ1n) is 4.77. The number of carbonyl (C=O) groups excluding carboxylic acids is 1. The minimum absolute atomic E-state index is 0.495. The number of rotatable bonds is 2. The largest absolute Gasteiger partial charge is 0.300 e. The molecule has 0 N–H and O–H groups in total. The first-order chi connectivity index (χ1) is 5.26. The van der Waals surface area contributed by atoms with Crippen molar-refractivity contribution in [3.05, 3.63) is 0 Å². The molecule has 1 heteroatoms. The second kappa shape index (κ2) is 3.89. The molecule has 1 saturated carbocycles. The number of carbonyl (C=O) groups is 1. The second-order valence-corrected chi connectivity index (χ2v) is 3.73. The summed E-state index contributed by atoms with van der Waals surface area (Å²) in [5.41, 5.74) is 0. The van der Waals surface area contributed by atoms with Gasteiger partial charge in [0, 0.05) is 12.8 Å². The van der Waals surface area contributed by atoms with Gasteiger partial charge in [-0.25, -0.2) is 0 Å². The summed E-state index contributed by atoms with van der Waals surface area (Å²) >= 11 is 0. The SMILES string of the molecule is CCC1CC(=O)CC(CC)C1. The van der Waals surface area contributed by atoms with E-state index >= 15 is 0 Å². The van der Waals surface area contributed by atoms with Crippen LogP contribution in [0.3, 0.4) is 0 Å². The fourth-order valence-electron chi connectivity index (χ4n) is 1.99. The molecule has 11 heavy (non-hydrogen) atoms. The van der Waals surface area contributed by atoms with Crippen LogP contribution in [0.4, 0.5) is 0 Å². The van der Waals surface area contributed by atoms with Gasteiger partial charge in [0.2, 0.25) is 0 Å². The van der Waals surface area contributed by atoms with Gasteiger partial charge in [0.25, 0.3) is 0 Å². The standard InChI is InChI=1S/C10H18O/c1-3-8-5-9(4-2)7-10(11)6-8/h8-9H,3-7H2,1-2H3. The van der Waals surface area contributed by atoms with Crippen molar-refractivity contribution in [2.24, 2.45) is 11.8 Å². The van der Waals surface area contributed by atoms with E-state index in [1.165, 1.54) is 19.3 Å². The monoisotopic (exact) mass is 154 g/mol. The summed E-state index contributed by atoms with van der Waals surface area (Å²) in [6, 6.07) is 0. The fraction of sp³-hybridized carbons (Fsp3) is 0.900. The van der Waals surface area contributed by atoms with Crippen LogP contribution in [0, 0.1) is 11.8 Å². The van der Waals surface area contributed by atoms with Gasteiger partial charge in [0.1, 0.15) is 5.78 Å². The van der Waals surface area contributed by atoms with Crippen LogP contribution in [0.15, 0.2) is 0 Å². The Kier molecular flexibility index (Phi) is 3.10. The molecule has 0 bridgehead atoms. The van der Waals surface area contributed by atoms with Gasteiger partial charge < -0.3 is 0 Å². The normalized spacial score (nSPS) is 32.4. The van der Waals surface area contributed by atoms with E-state index in [0.29, 0.717) is 17.6 Å². The maximum absolute atomic E-state index is 11.2. The molecule has 0 heterocycles. The van der Waals surface area contributed by atoms with Gasteiger partial charge in [-0.3, -0.25) is 4.79 Å². The zero-order valence-corrected chi connectivity index (χ0v) is 7.60. The van der Waals surface area contributed by atoms with Crippen molar-refractivity contribution in [2.45, 2.75) is 46.0 Å². The molecule has 0 aromatic rings. The number of hydrogen-bond donors (Lipinski definition) is 0. The molecule has 2 atom stereocenters. The van der Waals surface area contributed by atoms with Gasteiger partial charge in [-0.15, -0.1) is 0 Å². The smallest absolute Gasteiger partial charge is 0.133 e. The van der Waals surface area contributed by atoms with Crippen LogP contribution >= 0.6 is 0 Å². The lowest BCUT2D eigenvalue weighted by atomic mass is 9.78. The van der Waals surface area contributed by atoms with Crippen molar-refractivity contribution >= 4 is 5.78 Å². The summed E-state index contributed by atoms with van der Waals surface area (Å²) in [5.74, 6) is 1.89. The second-order valence-electron chi connectivity index (χ2n) is 3.73. The zero-order chi connectivity index (χ0) is 8.27. The van der Waals surface area contributed by atoms with E-state index in [1.807, 2.05) is 0 Å². The molecule has 1 fully saturated rings. The highest BCUT2D eigenvalue weighted by Crippen LogP contribution is 2.30. The molecule has 1 nitrogen and oxygen atoms in total. The van der Waals surface area contributed by atoms with E-state index in [4.69, 9.17) is 0 Å². The maximum Gasteiger partial charge on any atom is 0.133 e. The number of ketones is 1. The predicted molar refractivity (Wildman–Crippen MR) is 46.4 cm³/mol. The fourth-order valence-corrected chi connectivity index (χ4v) is 1.99. The Morgan fingerprint density at radius 1 is 1.18 bits per heavy atom. The molecule has 0 radical (unpaired) electrons. The summed E-state index contributed by atoms with van der Waals surface area (Å²) in [6.07, 6.45) is 5.36. The molecule has 0 spiro atoms. The minimum atomic E-state index is 0.495. The number of hydrogen-bond acceptors (Lipinski definition) is 1. The Hall–Kier alpha value is -0.330. The van der Waals surface area contributed by atoms with Crippen LogP contribution in [0.1, 0.15) is 46.0 Å². The zero-order valence-electron chi connectivity index (χ0n) is 7.60. The van der Waals surface area contributed by atoms with Gasteiger partial charge in [0.05, 0.1) is 0 Å². The van der Waals surface area contributed by atoms with E-state index in [9.17, 15) is 4.79 Å². The van der Waals surface area contributed by atoms with Crippen molar-refractivity contribution in [1.29, 1.82) is 0 Å². The van der Waals surface area contributed by atoms with Crippen LogP contribution in [0.25, 0.3) is 0 Å². The van der Waals surface area contributed by atoms with Crippen LogP contribution < -0.4 is 0 Å². The van der Waals surface area contributed by atoms with Crippen molar-refractivity contribution in [3.8, 4) is 0 Å². The highest BCUT2D eigenvalue weighted by molar-refractivity contribution is 5.79. The third kappa shape index (κ3) is 2.32. The Labute approximate surface area is 69.2 Å². The predicted octanol–water partition coefficient (Wildman–Crippen LogP) is 2.79. The van der Waals surface area contributed by atoms with Gasteiger partial charge in [-0.05, 0) is 18.3 Å². The van der Waals surface area contributed by atoms with Crippen LogP contribution in [0.5, 0.6) is 0 Å². The average molecular weight is 154 g/mol. The quantitative estimate of drug-likeness (QED) is 0.597. The average Bonchev–Trinajstić information content (AvgIpc) is 2.03. The summed E-state index contributed by atoms with van der Waals surface area (Å²) < 4.78 is 0. The Bertz CT molecular complexity index is 126. The Balaban J connectivity index is 2.43. The summed E-state index contributed by atoms with van der Waals surface area (Å²) in [6.45, 7) is 4.38. The van der Waals surface area contributed by atoms with E-state index in [2.05, 4.69) is 13.8 Å². The van der Waals surface area contributed by atoms with Crippen LogP contribution in [0.2, 0.25) is 0 Å². The highest BCUT2D eigenvalue weighted by Gasteiger charge is 2.24. The molecule has 1 aliphatic carbocycles. The lowest BCUT2D eigenvalue weighted by Gasteiger charge is -2.26. The van der Waals surface area contributed by atoms with E-state index < -0.39 is 0 Å². The summed E-state index contributed by atoms with van der Waals surface area (Å²) in [4.78, 5) is 11.2. The van der Waals surface area contributed by atoms with E-state index in [0.717, 1.165) is 12.8 Å². The van der Waals surface area contributed by atoms with E-state index in [1.54, 1.807) is 0 Å². The molecule has 0 amide bonds.